The molecule has 33 heavy (non-hydrogen) atoms. The summed E-state index contributed by atoms with van der Waals surface area (Å²) in [7, 11) is 0. The van der Waals surface area contributed by atoms with Crippen LogP contribution in [0, 0.1) is 0 Å². The van der Waals surface area contributed by atoms with Gasteiger partial charge >= 0.3 is 0 Å². The Bertz CT molecular complexity index is 1230. The van der Waals surface area contributed by atoms with Crippen LogP contribution in [-0.2, 0) is 22.6 Å². The standard InChI is InChI=1S/C26H30N4O3/c1-3-19-11-7-8-14-21(19)27-24(32)17-29-23-16-10-9-15-22(23)28-25(26(29)33)30(18(2)31)20-12-5-4-6-13-20/h7-11,14-16,20H,3-6,12-13,17H2,1-2H3,(H,27,32). The molecule has 0 radical (unpaired) electrons. The number of nitrogens with one attached hydrogen (secondary N) is 1. The molecule has 2 amide bonds. The zero-order valence-electron chi connectivity index (χ0n) is 19.2. The fourth-order valence-corrected chi connectivity index (χ4v) is 4.70. The van der Waals surface area contributed by atoms with Gasteiger partial charge in [-0.25, -0.2) is 4.98 Å². The maximum Gasteiger partial charge on any atom is 0.294 e. The summed E-state index contributed by atoms with van der Waals surface area (Å²) >= 11 is 0. The molecule has 1 fully saturated rings. The summed E-state index contributed by atoms with van der Waals surface area (Å²) in [6.45, 7) is 3.34. The monoisotopic (exact) mass is 446 g/mol. The van der Waals surface area contributed by atoms with E-state index < -0.39 is 5.56 Å². The third-order valence-corrected chi connectivity index (χ3v) is 6.32. The molecular formula is C26H30N4O3. The van der Waals surface area contributed by atoms with E-state index in [0.717, 1.165) is 49.8 Å². The molecular weight excluding hydrogens is 416 g/mol. The van der Waals surface area contributed by atoms with Gasteiger partial charge in [-0.05, 0) is 43.0 Å². The molecule has 0 aliphatic heterocycles. The Morgan fingerprint density at radius 2 is 1.76 bits per heavy atom. The highest BCUT2D eigenvalue weighted by atomic mass is 16.2. The minimum Gasteiger partial charge on any atom is -0.324 e. The Kier molecular flexibility index (Phi) is 6.87. The fourth-order valence-electron chi connectivity index (χ4n) is 4.70. The largest absolute Gasteiger partial charge is 0.324 e. The number of fused-ring (bicyclic) bond motifs is 1. The quantitative estimate of drug-likeness (QED) is 0.612. The van der Waals surface area contributed by atoms with Gasteiger partial charge < -0.3 is 5.32 Å². The molecule has 0 unspecified atom stereocenters. The number of nitrogens with zero attached hydrogens (tertiary/aromatic N) is 3. The fraction of sp³-hybridized carbons (Fsp3) is 0.385. The topological polar surface area (TPSA) is 84.3 Å². The van der Waals surface area contributed by atoms with Crippen molar-refractivity contribution in [3.05, 3.63) is 64.4 Å². The Morgan fingerprint density at radius 1 is 1.06 bits per heavy atom. The van der Waals surface area contributed by atoms with E-state index in [2.05, 4.69) is 10.3 Å². The average Bonchev–Trinajstić information content (AvgIpc) is 2.82. The van der Waals surface area contributed by atoms with Crippen LogP contribution < -0.4 is 15.8 Å². The zero-order chi connectivity index (χ0) is 23.4. The molecule has 1 saturated carbocycles. The number of anilines is 2. The lowest BCUT2D eigenvalue weighted by atomic mass is 9.94. The van der Waals surface area contributed by atoms with Gasteiger partial charge in [0.15, 0.2) is 0 Å². The Labute approximate surface area is 193 Å². The second-order valence-corrected chi connectivity index (χ2v) is 8.56. The molecule has 3 aromatic rings. The summed E-state index contributed by atoms with van der Waals surface area (Å²) in [4.78, 5) is 45.4. The number of aromatic nitrogens is 2. The van der Waals surface area contributed by atoms with Crippen molar-refractivity contribution in [3.63, 3.8) is 0 Å². The molecule has 0 bridgehead atoms. The highest BCUT2D eigenvalue weighted by molar-refractivity contribution is 5.94. The molecule has 7 nitrogen and oxygen atoms in total. The summed E-state index contributed by atoms with van der Waals surface area (Å²) in [5.41, 5.74) is 2.49. The van der Waals surface area contributed by atoms with E-state index in [0.29, 0.717) is 11.0 Å². The zero-order valence-corrected chi connectivity index (χ0v) is 19.2. The molecule has 1 aromatic heterocycles. The van der Waals surface area contributed by atoms with Gasteiger partial charge in [0.2, 0.25) is 17.6 Å². The van der Waals surface area contributed by atoms with Gasteiger partial charge in [-0.1, -0.05) is 56.5 Å². The number of rotatable bonds is 6. The first-order chi connectivity index (χ1) is 16.0. The van der Waals surface area contributed by atoms with Gasteiger partial charge in [-0.2, -0.15) is 0 Å². The third-order valence-electron chi connectivity index (χ3n) is 6.32. The first-order valence-electron chi connectivity index (χ1n) is 11.7. The van der Waals surface area contributed by atoms with Gasteiger partial charge in [0, 0.05) is 18.7 Å². The van der Waals surface area contributed by atoms with Crippen LogP contribution in [0.5, 0.6) is 0 Å². The molecule has 0 spiro atoms. The lowest BCUT2D eigenvalue weighted by Gasteiger charge is -2.32. The van der Waals surface area contributed by atoms with Crippen LogP contribution in [0.3, 0.4) is 0 Å². The number of carbonyl (C=O) groups is 2. The van der Waals surface area contributed by atoms with Crippen LogP contribution in [0.15, 0.2) is 53.3 Å². The number of para-hydroxylation sites is 3. The molecule has 172 valence electrons. The van der Waals surface area contributed by atoms with Gasteiger partial charge in [0.1, 0.15) is 6.54 Å². The number of aryl methyl sites for hydroxylation is 1. The molecule has 0 atom stereocenters. The summed E-state index contributed by atoms with van der Waals surface area (Å²) in [6, 6.07) is 14.8. The highest BCUT2D eigenvalue weighted by Gasteiger charge is 2.29. The summed E-state index contributed by atoms with van der Waals surface area (Å²) in [5, 5.41) is 2.94. The number of benzene rings is 2. The minimum absolute atomic E-state index is 0.0451. The molecule has 2 aromatic carbocycles. The van der Waals surface area contributed by atoms with Crippen LogP contribution >= 0.6 is 0 Å². The highest BCUT2D eigenvalue weighted by Crippen LogP contribution is 2.26. The summed E-state index contributed by atoms with van der Waals surface area (Å²) in [5.74, 6) is -0.392. The molecule has 1 heterocycles. The van der Waals surface area contributed by atoms with Crippen LogP contribution in [-0.4, -0.2) is 27.4 Å². The van der Waals surface area contributed by atoms with E-state index in [1.807, 2.05) is 43.3 Å². The lowest BCUT2D eigenvalue weighted by Crippen LogP contribution is -2.45. The third kappa shape index (κ3) is 4.82. The van der Waals surface area contributed by atoms with Crippen molar-refractivity contribution in [3.8, 4) is 0 Å². The molecule has 1 aliphatic carbocycles. The van der Waals surface area contributed by atoms with Crippen molar-refractivity contribution in [1.82, 2.24) is 9.55 Å². The number of amides is 2. The molecule has 7 heteroatoms. The van der Waals surface area contributed by atoms with E-state index in [1.54, 1.807) is 17.0 Å². The molecule has 0 saturated heterocycles. The van der Waals surface area contributed by atoms with Crippen molar-refractivity contribution >= 4 is 34.4 Å². The van der Waals surface area contributed by atoms with Gasteiger partial charge in [0.25, 0.3) is 5.56 Å². The molecule has 4 rings (SSSR count). The second kappa shape index (κ2) is 9.98. The van der Waals surface area contributed by atoms with Gasteiger partial charge in [0.05, 0.1) is 11.0 Å². The second-order valence-electron chi connectivity index (χ2n) is 8.56. The van der Waals surface area contributed by atoms with E-state index >= 15 is 0 Å². The van der Waals surface area contributed by atoms with Crippen LogP contribution in [0.25, 0.3) is 11.0 Å². The van der Waals surface area contributed by atoms with Crippen molar-refractivity contribution in [2.45, 2.75) is 65.0 Å². The normalized spacial score (nSPS) is 14.2. The number of hydrogen-bond acceptors (Lipinski definition) is 4. The lowest BCUT2D eigenvalue weighted by molar-refractivity contribution is -0.117. The smallest absolute Gasteiger partial charge is 0.294 e. The first kappa shape index (κ1) is 22.7. The molecule has 1 N–H and O–H groups in total. The summed E-state index contributed by atoms with van der Waals surface area (Å²) < 4.78 is 1.43. The van der Waals surface area contributed by atoms with Crippen LogP contribution in [0.2, 0.25) is 0 Å². The number of hydrogen-bond donors (Lipinski definition) is 1. The van der Waals surface area contributed by atoms with Crippen molar-refractivity contribution in [1.29, 1.82) is 0 Å². The SMILES string of the molecule is CCc1ccccc1NC(=O)Cn1c(=O)c(N(C(C)=O)C2CCCCC2)nc2ccccc21. The van der Waals surface area contributed by atoms with E-state index in [9.17, 15) is 14.4 Å². The van der Waals surface area contributed by atoms with Crippen molar-refractivity contribution in [2.75, 3.05) is 10.2 Å². The van der Waals surface area contributed by atoms with Crippen molar-refractivity contribution in [2.24, 2.45) is 0 Å². The van der Waals surface area contributed by atoms with Crippen LogP contribution in [0.1, 0.15) is 51.5 Å². The van der Waals surface area contributed by atoms with E-state index in [4.69, 9.17) is 0 Å². The average molecular weight is 447 g/mol. The maximum atomic E-state index is 13.6. The molecule has 1 aliphatic rings. The van der Waals surface area contributed by atoms with Crippen LogP contribution in [0.4, 0.5) is 11.5 Å². The maximum absolute atomic E-state index is 13.6. The predicted molar refractivity (Wildman–Crippen MR) is 130 cm³/mol. The van der Waals surface area contributed by atoms with Gasteiger partial charge in [-0.15, -0.1) is 0 Å². The Hall–Kier alpha value is -3.48. The van der Waals surface area contributed by atoms with Gasteiger partial charge in [-0.3, -0.25) is 23.9 Å². The Morgan fingerprint density at radius 3 is 2.48 bits per heavy atom. The summed E-state index contributed by atoms with van der Waals surface area (Å²) in [6.07, 6.45) is 5.67. The van der Waals surface area contributed by atoms with E-state index in [1.165, 1.54) is 11.5 Å². The predicted octanol–water partition coefficient (Wildman–Crippen LogP) is 4.28. The number of carbonyl (C=O) groups excluding carboxylic acids is 2. The first-order valence-corrected chi connectivity index (χ1v) is 11.7. The van der Waals surface area contributed by atoms with E-state index in [-0.39, 0.29) is 30.2 Å². The van der Waals surface area contributed by atoms with Crippen molar-refractivity contribution < 1.29 is 9.59 Å². The Balaban J connectivity index is 1.74. The minimum atomic E-state index is -0.423.